The molecular weight excluding hydrogens is 170 g/mol. The number of nitrogens with zero attached hydrogens (tertiary/aromatic N) is 1. The monoisotopic (exact) mass is 185 g/mol. The van der Waals surface area contributed by atoms with Gasteiger partial charge in [0.25, 0.3) is 0 Å². The number of hydrogen-bond acceptors (Lipinski definition) is 3. The third-order valence-corrected chi connectivity index (χ3v) is 2.17. The number of carbonyl (C=O) groups excluding carboxylic acids is 2. The number of rotatable bonds is 3. The van der Waals surface area contributed by atoms with Gasteiger partial charge in [-0.25, -0.2) is 4.79 Å². The van der Waals surface area contributed by atoms with Crippen molar-refractivity contribution in [2.45, 2.75) is 26.8 Å². The summed E-state index contributed by atoms with van der Waals surface area (Å²) in [6, 6.07) is 0.0522. The normalized spacial score (nSPS) is 22.3. The number of amides is 1. The molecule has 0 bridgehead atoms. The third-order valence-electron chi connectivity index (χ3n) is 2.17. The Morgan fingerprint density at radius 3 is 2.77 bits per heavy atom. The zero-order chi connectivity index (χ0) is 10.0. The average molecular weight is 185 g/mol. The average Bonchev–Trinajstić information content (AvgIpc) is 2.32. The highest BCUT2D eigenvalue weighted by Crippen LogP contribution is 2.18. The number of cyclic esters (lactones) is 1. The first kappa shape index (κ1) is 10.0. The van der Waals surface area contributed by atoms with Gasteiger partial charge in [-0.15, -0.1) is 0 Å². The predicted molar refractivity (Wildman–Crippen MR) is 47.4 cm³/mol. The molecule has 0 aromatic carbocycles. The van der Waals surface area contributed by atoms with Gasteiger partial charge in [-0.05, 0) is 12.8 Å². The lowest BCUT2D eigenvalue weighted by molar-refractivity contribution is -0.117. The van der Waals surface area contributed by atoms with E-state index in [-0.39, 0.29) is 24.5 Å². The van der Waals surface area contributed by atoms with E-state index in [4.69, 9.17) is 4.74 Å². The van der Waals surface area contributed by atoms with Crippen LogP contribution < -0.4 is 0 Å². The van der Waals surface area contributed by atoms with Crippen molar-refractivity contribution >= 4 is 11.9 Å². The van der Waals surface area contributed by atoms with E-state index in [0.29, 0.717) is 12.5 Å². The lowest BCUT2D eigenvalue weighted by atomic mass is 10.0. The maximum atomic E-state index is 11.2. The Kier molecular flexibility index (Phi) is 2.90. The Morgan fingerprint density at radius 2 is 2.31 bits per heavy atom. The van der Waals surface area contributed by atoms with Gasteiger partial charge in [-0.3, -0.25) is 9.69 Å². The second kappa shape index (κ2) is 3.77. The molecule has 1 amide bonds. The van der Waals surface area contributed by atoms with Crippen molar-refractivity contribution in [3.63, 3.8) is 0 Å². The lowest BCUT2D eigenvalue weighted by Gasteiger charge is -2.22. The highest BCUT2D eigenvalue weighted by atomic mass is 16.6. The molecule has 0 aromatic heterocycles. The molecule has 1 unspecified atom stereocenters. The Hall–Kier alpha value is -1.06. The van der Waals surface area contributed by atoms with Gasteiger partial charge in [-0.1, -0.05) is 13.8 Å². The second-order valence-corrected chi connectivity index (χ2v) is 3.72. The molecular formula is C9H15NO3. The van der Waals surface area contributed by atoms with Crippen molar-refractivity contribution in [2.24, 2.45) is 5.92 Å². The van der Waals surface area contributed by atoms with Gasteiger partial charge in [0.15, 0.2) is 0 Å². The number of hydrogen-bond donors (Lipinski definition) is 0. The van der Waals surface area contributed by atoms with Crippen molar-refractivity contribution in [1.29, 1.82) is 0 Å². The van der Waals surface area contributed by atoms with Gasteiger partial charge in [0.1, 0.15) is 12.4 Å². The van der Waals surface area contributed by atoms with Gasteiger partial charge in [0.2, 0.25) is 0 Å². The van der Waals surface area contributed by atoms with Crippen molar-refractivity contribution in [3.05, 3.63) is 0 Å². The van der Waals surface area contributed by atoms with Crippen LogP contribution in [0.5, 0.6) is 0 Å². The topological polar surface area (TPSA) is 46.6 Å². The summed E-state index contributed by atoms with van der Waals surface area (Å²) in [5.74, 6) is 0.315. The summed E-state index contributed by atoms with van der Waals surface area (Å²) in [5, 5.41) is 0. The Morgan fingerprint density at radius 1 is 1.69 bits per heavy atom. The van der Waals surface area contributed by atoms with Gasteiger partial charge in [0, 0.05) is 0 Å². The summed E-state index contributed by atoms with van der Waals surface area (Å²) in [4.78, 5) is 23.5. The van der Waals surface area contributed by atoms with Gasteiger partial charge < -0.3 is 4.74 Å². The molecule has 1 saturated heterocycles. The summed E-state index contributed by atoms with van der Waals surface area (Å²) >= 11 is 0. The molecule has 0 saturated carbocycles. The third kappa shape index (κ3) is 2.20. The second-order valence-electron chi connectivity index (χ2n) is 3.72. The van der Waals surface area contributed by atoms with Crippen LogP contribution >= 0.6 is 0 Å². The summed E-state index contributed by atoms with van der Waals surface area (Å²) in [5.41, 5.74) is 0. The number of ether oxygens (including phenoxy) is 1. The van der Waals surface area contributed by atoms with Crippen LogP contribution in [0.2, 0.25) is 0 Å². The van der Waals surface area contributed by atoms with E-state index in [1.54, 1.807) is 0 Å². The van der Waals surface area contributed by atoms with E-state index in [1.807, 2.05) is 13.8 Å². The van der Waals surface area contributed by atoms with E-state index in [0.717, 1.165) is 0 Å². The highest BCUT2D eigenvalue weighted by Gasteiger charge is 2.35. The molecule has 1 aliphatic heterocycles. The van der Waals surface area contributed by atoms with E-state index >= 15 is 0 Å². The molecule has 0 aliphatic carbocycles. The Balaban J connectivity index is 2.65. The largest absolute Gasteiger partial charge is 0.447 e. The quantitative estimate of drug-likeness (QED) is 0.660. The molecule has 1 atom stereocenters. The SMILES string of the molecule is CC(=O)CN1C(=O)OCC1C(C)C. The molecule has 13 heavy (non-hydrogen) atoms. The first-order valence-electron chi connectivity index (χ1n) is 4.45. The molecule has 1 aliphatic rings. The smallest absolute Gasteiger partial charge is 0.410 e. The lowest BCUT2D eigenvalue weighted by Crippen LogP contribution is -2.39. The van der Waals surface area contributed by atoms with Crippen LogP contribution in [0.1, 0.15) is 20.8 Å². The van der Waals surface area contributed by atoms with E-state index < -0.39 is 0 Å². The van der Waals surface area contributed by atoms with Gasteiger partial charge >= 0.3 is 6.09 Å². The molecule has 0 spiro atoms. The first-order valence-corrected chi connectivity index (χ1v) is 4.45. The molecule has 4 nitrogen and oxygen atoms in total. The van der Waals surface area contributed by atoms with Crippen molar-refractivity contribution in [1.82, 2.24) is 4.90 Å². The minimum atomic E-state index is -0.367. The van der Waals surface area contributed by atoms with Crippen LogP contribution in [0.25, 0.3) is 0 Å². The molecule has 0 aromatic rings. The predicted octanol–water partition coefficient (Wildman–Crippen LogP) is 1.05. The fraction of sp³-hybridized carbons (Fsp3) is 0.778. The number of ketones is 1. The molecule has 1 rings (SSSR count). The van der Waals surface area contributed by atoms with Crippen molar-refractivity contribution < 1.29 is 14.3 Å². The van der Waals surface area contributed by atoms with Crippen LogP contribution in [0.3, 0.4) is 0 Å². The van der Waals surface area contributed by atoms with E-state index in [1.165, 1.54) is 11.8 Å². The summed E-state index contributed by atoms with van der Waals surface area (Å²) in [6.07, 6.45) is -0.367. The van der Waals surface area contributed by atoms with Crippen LogP contribution in [0, 0.1) is 5.92 Å². The Labute approximate surface area is 77.8 Å². The van der Waals surface area contributed by atoms with Crippen LogP contribution in [0.15, 0.2) is 0 Å². The minimum Gasteiger partial charge on any atom is -0.447 e. The number of Topliss-reactive ketones (excluding diaryl/α,β-unsaturated/α-hetero) is 1. The molecule has 0 radical (unpaired) electrons. The first-order chi connectivity index (χ1) is 6.02. The fourth-order valence-corrected chi connectivity index (χ4v) is 1.44. The molecule has 1 fully saturated rings. The van der Waals surface area contributed by atoms with Crippen LogP contribution in [-0.2, 0) is 9.53 Å². The van der Waals surface area contributed by atoms with Crippen LogP contribution in [0.4, 0.5) is 4.79 Å². The number of carbonyl (C=O) groups is 2. The standard InChI is InChI=1S/C9H15NO3/c1-6(2)8-5-13-9(12)10(8)4-7(3)11/h6,8H,4-5H2,1-3H3. The zero-order valence-corrected chi connectivity index (χ0v) is 8.24. The van der Waals surface area contributed by atoms with Crippen LogP contribution in [-0.4, -0.2) is 36.0 Å². The highest BCUT2D eigenvalue weighted by molar-refractivity contribution is 5.82. The summed E-state index contributed by atoms with van der Waals surface area (Å²) in [7, 11) is 0. The Bertz CT molecular complexity index is 225. The molecule has 0 N–H and O–H groups in total. The van der Waals surface area contributed by atoms with Gasteiger partial charge in [-0.2, -0.15) is 0 Å². The van der Waals surface area contributed by atoms with E-state index in [2.05, 4.69) is 0 Å². The van der Waals surface area contributed by atoms with Crippen molar-refractivity contribution in [2.75, 3.05) is 13.2 Å². The van der Waals surface area contributed by atoms with Crippen molar-refractivity contribution in [3.8, 4) is 0 Å². The molecule has 74 valence electrons. The maximum Gasteiger partial charge on any atom is 0.410 e. The fourth-order valence-electron chi connectivity index (χ4n) is 1.44. The van der Waals surface area contributed by atoms with Gasteiger partial charge in [0.05, 0.1) is 12.6 Å². The zero-order valence-electron chi connectivity index (χ0n) is 8.24. The maximum absolute atomic E-state index is 11.2. The van der Waals surface area contributed by atoms with E-state index in [9.17, 15) is 9.59 Å². The summed E-state index contributed by atoms with van der Waals surface area (Å²) < 4.78 is 4.88. The summed E-state index contributed by atoms with van der Waals surface area (Å²) in [6.45, 7) is 6.08. The molecule has 1 heterocycles. The molecule has 4 heteroatoms. The minimum absolute atomic E-state index is 0.00972.